The number of hydrogen-bond acceptors (Lipinski definition) is 4. The molecule has 0 spiro atoms. The third-order valence-electron chi connectivity index (χ3n) is 2.39. The molecule has 0 aliphatic heterocycles. The Labute approximate surface area is 107 Å². The van der Waals surface area contributed by atoms with E-state index >= 15 is 0 Å². The number of allylic oxidation sites excluding steroid dienone is 1. The van der Waals surface area contributed by atoms with Crippen LogP contribution in [0, 0.1) is 5.92 Å². The van der Waals surface area contributed by atoms with Gasteiger partial charge in [-0.05, 0) is 18.9 Å². The molecule has 0 aliphatic carbocycles. The Hall–Kier alpha value is -1.65. The summed E-state index contributed by atoms with van der Waals surface area (Å²) in [6.07, 6.45) is 4.34. The highest BCUT2D eigenvalue weighted by Gasteiger charge is 2.11. The van der Waals surface area contributed by atoms with Crippen LogP contribution in [0.4, 0.5) is 0 Å². The molecule has 0 fully saturated rings. The fraction of sp³-hybridized carbons (Fsp3) is 0.615. The minimum absolute atomic E-state index is 0.117. The second kappa shape index (κ2) is 9.39. The second-order valence-corrected chi connectivity index (χ2v) is 4.10. The maximum absolute atomic E-state index is 11.3. The Bertz CT molecular complexity index is 319. The summed E-state index contributed by atoms with van der Waals surface area (Å²) < 4.78 is 4.82. The van der Waals surface area contributed by atoms with Crippen LogP contribution in [0.2, 0.25) is 0 Å². The van der Waals surface area contributed by atoms with Crippen LogP contribution in [0.25, 0.3) is 0 Å². The quantitative estimate of drug-likeness (QED) is 0.387. The van der Waals surface area contributed by atoms with Gasteiger partial charge >= 0.3 is 11.9 Å². The van der Waals surface area contributed by atoms with Crippen LogP contribution in [0.3, 0.4) is 0 Å². The lowest BCUT2D eigenvalue weighted by Crippen LogP contribution is -2.11. The molecule has 102 valence electrons. The summed E-state index contributed by atoms with van der Waals surface area (Å²) >= 11 is 0. The van der Waals surface area contributed by atoms with Crippen LogP contribution in [-0.4, -0.2) is 29.4 Å². The molecule has 5 heteroatoms. The van der Waals surface area contributed by atoms with E-state index in [1.807, 2.05) is 6.92 Å². The number of carbonyl (C=O) groups is 3. The van der Waals surface area contributed by atoms with E-state index in [1.165, 1.54) is 0 Å². The van der Waals surface area contributed by atoms with E-state index in [1.54, 1.807) is 6.92 Å². The number of ketones is 1. The fourth-order valence-corrected chi connectivity index (χ4v) is 1.09. The van der Waals surface area contributed by atoms with Crippen molar-refractivity contribution >= 4 is 17.7 Å². The van der Waals surface area contributed by atoms with E-state index in [-0.39, 0.29) is 18.6 Å². The molecule has 1 N–H and O–H groups in total. The summed E-state index contributed by atoms with van der Waals surface area (Å²) in [5.74, 6) is -2.29. The van der Waals surface area contributed by atoms with Crippen molar-refractivity contribution in [3.05, 3.63) is 12.2 Å². The summed E-state index contributed by atoms with van der Waals surface area (Å²) in [6.45, 7) is 3.87. The predicted molar refractivity (Wildman–Crippen MR) is 66.0 cm³/mol. The van der Waals surface area contributed by atoms with E-state index in [2.05, 4.69) is 0 Å². The molecule has 0 heterocycles. The number of unbranched alkanes of at least 4 members (excludes halogenated alkanes) is 1. The van der Waals surface area contributed by atoms with Gasteiger partial charge in [0.1, 0.15) is 0 Å². The van der Waals surface area contributed by atoms with Gasteiger partial charge in [0, 0.05) is 12.5 Å². The first-order valence-corrected chi connectivity index (χ1v) is 6.07. The summed E-state index contributed by atoms with van der Waals surface area (Å²) in [5, 5.41) is 8.63. The highest BCUT2D eigenvalue weighted by Crippen LogP contribution is 2.06. The van der Waals surface area contributed by atoms with Crippen LogP contribution >= 0.6 is 0 Å². The molecule has 0 bridgehead atoms. The first-order valence-electron chi connectivity index (χ1n) is 6.07. The third-order valence-corrected chi connectivity index (χ3v) is 2.39. The average molecular weight is 256 g/mol. The van der Waals surface area contributed by atoms with Crippen LogP contribution in [0.15, 0.2) is 12.2 Å². The molecule has 0 aromatic carbocycles. The molecule has 0 aliphatic rings. The topological polar surface area (TPSA) is 80.7 Å². The van der Waals surface area contributed by atoms with Crippen molar-refractivity contribution in [3.8, 4) is 0 Å². The molecule has 0 aromatic rings. The standard InChI is InChI=1S/C13H20O5/c1-3-4-9-18-12(15)8-7-11(14)6-5-10(2)13(16)17/h7-8,10H,3-6,9H2,1-2H3,(H,16,17)/b8-7+. The van der Waals surface area contributed by atoms with Crippen molar-refractivity contribution < 1.29 is 24.2 Å². The lowest BCUT2D eigenvalue weighted by Gasteiger charge is -2.02. The number of hydrogen-bond donors (Lipinski definition) is 1. The third kappa shape index (κ3) is 8.50. The highest BCUT2D eigenvalue weighted by molar-refractivity contribution is 5.95. The first-order chi connectivity index (χ1) is 8.47. The first kappa shape index (κ1) is 16.4. The van der Waals surface area contributed by atoms with Crippen LogP contribution in [0.1, 0.15) is 39.5 Å². The Kier molecular flexibility index (Phi) is 8.53. The zero-order chi connectivity index (χ0) is 14.0. The number of esters is 1. The van der Waals surface area contributed by atoms with E-state index in [0.717, 1.165) is 25.0 Å². The van der Waals surface area contributed by atoms with Crippen LogP contribution in [0.5, 0.6) is 0 Å². The van der Waals surface area contributed by atoms with Gasteiger partial charge in [0.25, 0.3) is 0 Å². The predicted octanol–water partition coefficient (Wildman–Crippen LogP) is 1.96. The van der Waals surface area contributed by atoms with Gasteiger partial charge in [-0.25, -0.2) is 4.79 Å². The van der Waals surface area contributed by atoms with Crippen LogP contribution < -0.4 is 0 Å². The smallest absolute Gasteiger partial charge is 0.330 e. The normalized spacial score (nSPS) is 12.3. The van der Waals surface area contributed by atoms with Crippen molar-refractivity contribution in [1.82, 2.24) is 0 Å². The molecular formula is C13H20O5. The molecule has 1 unspecified atom stereocenters. The number of aliphatic carboxylic acids is 1. The van der Waals surface area contributed by atoms with E-state index < -0.39 is 17.9 Å². The van der Waals surface area contributed by atoms with Crippen molar-refractivity contribution in [3.63, 3.8) is 0 Å². The Morgan fingerprint density at radius 2 is 1.94 bits per heavy atom. The number of carbonyl (C=O) groups excluding carboxylic acids is 2. The lowest BCUT2D eigenvalue weighted by atomic mass is 10.0. The van der Waals surface area contributed by atoms with E-state index in [9.17, 15) is 14.4 Å². The van der Waals surface area contributed by atoms with Gasteiger partial charge in [-0.1, -0.05) is 20.3 Å². The number of ether oxygens (including phenoxy) is 1. The van der Waals surface area contributed by atoms with Crippen LogP contribution in [-0.2, 0) is 19.1 Å². The van der Waals surface area contributed by atoms with Gasteiger partial charge in [-0.3, -0.25) is 9.59 Å². The highest BCUT2D eigenvalue weighted by atomic mass is 16.5. The molecule has 0 saturated heterocycles. The minimum Gasteiger partial charge on any atom is -0.481 e. The largest absolute Gasteiger partial charge is 0.481 e. The summed E-state index contributed by atoms with van der Waals surface area (Å²) in [5.41, 5.74) is 0. The molecular weight excluding hydrogens is 236 g/mol. The molecule has 5 nitrogen and oxygen atoms in total. The Balaban J connectivity index is 3.86. The van der Waals surface area contributed by atoms with Gasteiger partial charge in [0.15, 0.2) is 5.78 Å². The molecule has 1 atom stereocenters. The van der Waals surface area contributed by atoms with Crippen molar-refractivity contribution in [2.75, 3.05) is 6.61 Å². The summed E-state index contributed by atoms with van der Waals surface area (Å²) in [6, 6.07) is 0. The maximum Gasteiger partial charge on any atom is 0.330 e. The maximum atomic E-state index is 11.3. The zero-order valence-electron chi connectivity index (χ0n) is 10.8. The van der Waals surface area contributed by atoms with E-state index in [0.29, 0.717) is 6.61 Å². The van der Waals surface area contributed by atoms with Crippen molar-refractivity contribution in [2.24, 2.45) is 5.92 Å². The van der Waals surface area contributed by atoms with Gasteiger partial charge < -0.3 is 9.84 Å². The average Bonchev–Trinajstić information content (AvgIpc) is 2.33. The summed E-state index contributed by atoms with van der Waals surface area (Å²) in [4.78, 5) is 33.0. The molecule has 0 amide bonds. The van der Waals surface area contributed by atoms with Crippen molar-refractivity contribution in [2.45, 2.75) is 39.5 Å². The number of carboxylic acids is 1. The lowest BCUT2D eigenvalue weighted by molar-refractivity contribution is -0.141. The number of rotatable bonds is 9. The van der Waals surface area contributed by atoms with Gasteiger partial charge in [-0.2, -0.15) is 0 Å². The second-order valence-electron chi connectivity index (χ2n) is 4.10. The SMILES string of the molecule is CCCCOC(=O)/C=C/C(=O)CCC(C)C(=O)O. The van der Waals surface area contributed by atoms with Crippen molar-refractivity contribution in [1.29, 1.82) is 0 Å². The molecule has 18 heavy (non-hydrogen) atoms. The van der Waals surface area contributed by atoms with Gasteiger partial charge in [-0.15, -0.1) is 0 Å². The molecule has 0 rings (SSSR count). The van der Waals surface area contributed by atoms with Gasteiger partial charge in [0.05, 0.1) is 12.5 Å². The molecule has 0 radical (unpaired) electrons. The Morgan fingerprint density at radius 1 is 1.28 bits per heavy atom. The molecule has 0 saturated carbocycles. The Morgan fingerprint density at radius 3 is 2.50 bits per heavy atom. The zero-order valence-corrected chi connectivity index (χ0v) is 10.8. The fourth-order valence-electron chi connectivity index (χ4n) is 1.09. The monoisotopic (exact) mass is 256 g/mol. The van der Waals surface area contributed by atoms with Gasteiger partial charge in [0.2, 0.25) is 0 Å². The van der Waals surface area contributed by atoms with E-state index in [4.69, 9.17) is 9.84 Å². The molecule has 0 aromatic heterocycles. The minimum atomic E-state index is -0.925. The number of carboxylic acid groups (broad SMARTS) is 1. The summed E-state index contributed by atoms with van der Waals surface area (Å²) in [7, 11) is 0.